The van der Waals surface area contributed by atoms with Gasteiger partial charge in [0.05, 0.1) is 0 Å². The molecule has 2 heteroatoms. The maximum Gasteiger partial charge on any atom is 0.0236 e. The molecule has 0 radical (unpaired) electrons. The highest BCUT2D eigenvalue weighted by molar-refractivity contribution is 5.14. The summed E-state index contributed by atoms with van der Waals surface area (Å²) < 4.78 is 0. The average molecular weight is 246 g/mol. The van der Waals surface area contributed by atoms with Gasteiger partial charge in [0.2, 0.25) is 0 Å². The van der Waals surface area contributed by atoms with Gasteiger partial charge in [0.25, 0.3) is 0 Å². The van der Waals surface area contributed by atoms with Gasteiger partial charge in [0.1, 0.15) is 0 Å². The van der Waals surface area contributed by atoms with E-state index in [0.29, 0.717) is 6.04 Å². The fourth-order valence-corrected chi connectivity index (χ4v) is 2.65. The number of nitrogens with one attached hydrogen (secondary N) is 1. The molecule has 0 spiro atoms. The van der Waals surface area contributed by atoms with Crippen molar-refractivity contribution in [2.45, 2.75) is 39.3 Å². The molecular formula is C16H26N2. The van der Waals surface area contributed by atoms with Crippen molar-refractivity contribution >= 4 is 0 Å². The number of rotatable bonds is 6. The fraction of sp³-hybridized carbons (Fsp3) is 0.625. The Bertz CT molecular complexity index is 328. The Morgan fingerprint density at radius 3 is 2.67 bits per heavy atom. The SMILES string of the molecule is CC(C)N(CCC1CCNC1)Cc1ccccc1. The maximum absolute atomic E-state index is 3.46. The molecule has 0 bridgehead atoms. The highest BCUT2D eigenvalue weighted by atomic mass is 15.1. The molecule has 0 amide bonds. The highest BCUT2D eigenvalue weighted by Gasteiger charge is 2.17. The quantitative estimate of drug-likeness (QED) is 0.830. The van der Waals surface area contributed by atoms with Crippen LogP contribution in [0.25, 0.3) is 0 Å². The molecule has 1 aliphatic heterocycles. The standard InChI is InChI=1S/C16H26N2/c1-14(2)18(11-9-15-8-10-17-12-15)13-16-6-4-3-5-7-16/h3-7,14-15,17H,8-13H2,1-2H3. The molecular weight excluding hydrogens is 220 g/mol. The van der Waals surface area contributed by atoms with Crippen molar-refractivity contribution in [2.75, 3.05) is 19.6 Å². The maximum atomic E-state index is 3.46. The minimum Gasteiger partial charge on any atom is -0.316 e. The van der Waals surface area contributed by atoms with E-state index >= 15 is 0 Å². The smallest absolute Gasteiger partial charge is 0.0236 e. The van der Waals surface area contributed by atoms with Crippen LogP contribution < -0.4 is 5.32 Å². The van der Waals surface area contributed by atoms with Crippen LogP contribution in [-0.4, -0.2) is 30.6 Å². The van der Waals surface area contributed by atoms with Gasteiger partial charge < -0.3 is 5.32 Å². The van der Waals surface area contributed by atoms with Crippen LogP contribution in [0.2, 0.25) is 0 Å². The molecule has 0 aromatic heterocycles. The molecule has 2 rings (SSSR count). The molecule has 0 aliphatic carbocycles. The van der Waals surface area contributed by atoms with E-state index in [9.17, 15) is 0 Å². The Hall–Kier alpha value is -0.860. The van der Waals surface area contributed by atoms with Crippen molar-refractivity contribution < 1.29 is 0 Å². The first-order valence-electron chi connectivity index (χ1n) is 7.24. The molecule has 1 saturated heterocycles. The zero-order chi connectivity index (χ0) is 12.8. The van der Waals surface area contributed by atoms with E-state index < -0.39 is 0 Å². The summed E-state index contributed by atoms with van der Waals surface area (Å²) >= 11 is 0. The largest absolute Gasteiger partial charge is 0.316 e. The normalized spacial score (nSPS) is 19.9. The lowest BCUT2D eigenvalue weighted by atomic mass is 10.0. The molecule has 1 aromatic rings. The van der Waals surface area contributed by atoms with Crippen molar-refractivity contribution in [1.82, 2.24) is 10.2 Å². The predicted octanol–water partition coefficient (Wildman–Crippen LogP) is 2.90. The minimum atomic E-state index is 0.625. The van der Waals surface area contributed by atoms with Gasteiger partial charge in [-0.3, -0.25) is 4.90 Å². The lowest BCUT2D eigenvalue weighted by Gasteiger charge is -2.27. The summed E-state index contributed by atoms with van der Waals surface area (Å²) in [5, 5.41) is 3.46. The third kappa shape index (κ3) is 4.11. The van der Waals surface area contributed by atoms with Crippen LogP contribution in [0.15, 0.2) is 30.3 Å². The van der Waals surface area contributed by atoms with Crippen LogP contribution >= 0.6 is 0 Å². The molecule has 2 nitrogen and oxygen atoms in total. The van der Waals surface area contributed by atoms with Crippen LogP contribution in [0.5, 0.6) is 0 Å². The summed E-state index contributed by atoms with van der Waals surface area (Å²) in [5.74, 6) is 0.891. The van der Waals surface area contributed by atoms with E-state index in [2.05, 4.69) is 54.4 Å². The Morgan fingerprint density at radius 2 is 2.06 bits per heavy atom. The summed E-state index contributed by atoms with van der Waals surface area (Å²) in [7, 11) is 0. The van der Waals surface area contributed by atoms with Crippen LogP contribution in [-0.2, 0) is 6.54 Å². The van der Waals surface area contributed by atoms with Gasteiger partial charge in [-0.2, -0.15) is 0 Å². The Balaban J connectivity index is 1.83. The zero-order valence-corrected chi connectivity index (χ0v) is 11.7. The predicted molar refractivity (Wildman–Crippen MR) is 77.6 cm³/mol. The fourth-order valence-electron chi connectivity index (χ4n) is 2.65. The summed E-state index contributed by atoms with van der Waals surface area (Å²) in [6.07, 6.45) is 2.69. The summed E-state index contributed by atoms with van der Waals surface area (Å²) in [6.45, 7) is 9.34. The van der Waals surface area contributed by atoms with Crippen LogP contribution in [0.4, 0.5) is 0 Å². The molecule has 1 aliphatic rings. The van der Waals surface area contributed by atoms with Crippen LogP contribution in [0.3, 0.4) is 0 Å². The molecule has 1 atom stereocenters. The third-order valence-electron chi connectivity index (χ3n) is 3.95. The van der Waals surface area contributed by atoms with Crippen molar-refractivity contribution in [2.24, 2.45) is 5.92 Å². The molecule has 1 fully saturated rings. The lowest BCUT2D eigenvalue weighted by Crippen LogP contribution is -2.32. The zero-order valence-electron chi connectivity index (χ0n) is 11.7. The summed E-state index contributed by atoms with van der Waals surface area (Å²) in [6, 6.07) is 11.4. The Labute approximate surface area is 111 Å². The topological polar surface area (TPSA) is 15.3 Å². The molecule has 1 N–H and O–H groups in total. The van der Waals surface area contributed by atoms with Gasteiger partial charge in [0, 0.05) is 12.6 Å². The van der Waals surface area contributed by atoms with Gasteiger partial charge >= 0.3 is 0 Å². The summed E-state index contributed by atoms with van der Waals surface area (Å²) in [5.41, 5.74) is 1.43. The monoisotopic (exact) mass is 246 g/mol. The van der Waals surface area contributed by atoms with Crippen molar-refractivity contribution in [3.63, 3.8) is 0 Å². The molecule has 0 saturated carbocycles. The molecule has 18 heavy (non-hydrogen) atoms. The van der Waals surface area contributed by atoms with Crippen molar-refractivity contribution in [1.29, 1.82) is 0 Å². The first-order chi connectivity index (χ1) is 8.75. The van der Waals surface area contributed by atoms with Crippen LogP contribution in [0, 0.1) is 5.92 Å². The Morgan fingerprint density at radius 1 is 1.28 bits per heavy atom. The summed E-state index contributed by atoms with van der Waals surface area (Å²) in [4.78, 5) is 2.59. The van der Waals surface area contributed by atoms with Crippen LogP contribution in [0.1, 0.15) is 32.3 Å². The van der Waals surface area contributed by atoms with Gasteiger partial charge in [0.15, 0.2) is 0 Å². The first-order valence-corrected chi connectivity index (χ1v) is 7.24. The van der Waals surface area contributed by atoms with E-state index in [4.69, 9.17) is 0 Å². The molecule has 1 aromatic carbocycles. The first kappa shape index (κ1) is 13.6. The van der Waals surface area contributed by atoms with E-state index in [1.807, 2.05) is 0 Å². The highest BCUT2D eigenvalue weighted by Crippen LogP contribution is 2.15. The van der Waals surface area contributed by atoms with Crippen molar-refractivity contribution in [3.8, 4) is 0 Å². The second-order valence-corrected chi connectivity index (χ2v) is 5.70. The van der Waals surface area contributed by atoms with E-state index in [1.165, 1.54) is 38.0 Å². The van der Waals surface area contributed by atoms with Gasteiger partial charge in [-0.05, 0) is 57.8 Å². The second-order valence-electron chi connectivity index (χ2n) is 5.70. The lowest BCUT2D eigenvalue weighted by molar-refractivity contribution is 0.199. The van der Waals surface area contributed by atoms with Gasteiger partial charge in [-0.1, -0.05) is 30.3 Å². The third-order valence-corrected chi connectivity index (χ3v) is 3.95. The number of benzene rings is 1. The second kappa shape index (κ2) is 6.91. The number of hydrogen-bond donors (Lipinski definition) is 1. The van der Waals surface area contributed by atoms with E-state index in [-0.39, 0.29) is 0 Å². The Kier molecular flexibility index (Phi) is 5.21. The van der Waals surface area contributed by atoms with E-state index in [0.717, 1.165) is 12.5 Å². The number of nitrogens with zero attached hydrogens (tertiary/aromatic N) is 1. The van der Waals surface area contributed by atoms with Gasteiger partial charge in [-0.15, -0.1) is 0 Å². The minimum absolute atomic E-state index is 0.625. The van der Waals surface area contributed by atoms with E-state index in [1.54, 1.807) is 0 Å². The number of hydrogen-bond acceptors (Lipinski definition) is 2. The molecule has 100 valence electrons. The average Bonchev–Trinajstić information content (AvgIpc) is 2.88. The van der Waals surface area contributed by atoms with Crippen molar-refractivity contribution in [3.05, 3.63) is 35.9 Å². The molecule has 1 heterocycles. The van der Waals surface area contributed by atoms with Gasteiger partial charge in [-0.25, -0.2) is 0 Å². The molecule has 1 unspecified atom stereocenters.